The summed E-state index contributed by atoms with van der Waals surface area (Å²) in [5, 5.41) is 15.1. The van der Waals surface area contributed by atoms with Gasteiger partial charge in [0.15, 0.2) is 11.2 Å². The predicted molar refractivity (Wildman–Crippen MR) is 132 cm³/mol. The first kappa shape index (κ1) is 23.8. The summed E-state index contributed by atoms with van der Waals surface area (Å²) in [5.74, 6) is 1.45. The van der Waals surface area contributed by atoms with Gasteiger partial charge in [0, 0.05) is 7.05 Å². The highest BCUT2D eigenvalue weighted by molar-refractivity contribution is 5.99. The Morgan fingerprint density at radius 1 is 1.14 bits per heavy atom. The van der Waals surface area contributed by atoms with Crippen molar-refractivity contribution in [2.45, 2.75) is 19.6 Å². The second-order valence-electron chi connectivity index (χ2n) is 7.85. The quantitative estimate of drug-likeness (QED) is 0.246. The zero-order valence-electron chi connectivity index (χ0n) is 19.6. The summed E-state index contributed by atoms with van der Waals surface area (Å²) in [5.41, 5.74) is 3.55. The van der Waals surface area contributed by atoms with Gasteiger partial charge in [-0.05, 0) is 36.8 Å². The lowest BCUT2D eigenvalue weighted by molar-refractivity contribution is 0.0938. The lowest BCUT2D eigenvalue weighted by Gasteiger charge is -2.15. The molecule has 0 fully saturated rings. The first-order valence-electron chi connectivity index (χ1n) is 10.9. The van der Waals surface area contributed by atoms with Gasteiger partial charge in [-0.15, -0.1) is 0 Å². The number of fused-ring (bicyclic) bond motifs is 1. The molecule has 0 saturated heterocycles. The van der Waals surface area contributed by atoms with E-state index in [2.05, 4.69) is 20.5 Å². The van der Waals surface area contributed by atoms with E-state index in [4.69, 9.17) is 9.47 Å². The van der Waals surface area contributed by atoms with Gasteiger partial charge in [-0.2, -0.15) is 10.1 Å². The number of benzene rings is 2. The minimum absolute atomic E-state index is 0.0316. The minimum atomic E-state index is -0.995. The smallest absolute Gasteiger partial charge is 0.329 e. The van der Waals surface area contributed by atoms with Crippen LogP contribution in [0.1, 0.15) is 12.5 Å². The molecule has 0 amide bonds. The fourth-order valence-electron chi connectivity index (χ4n) is 3.50. The number of rotatable bonds is 9. The Kier molecular flexibility index (Phi) is 6.97. The summed E-state index contributed by atoms with van der Waals surface area (Å²) in [7, 11) is 3.08. The largest absolute Gasteiger partial charge is 0.497 e. The van der Waals surface area contributed by atoms with Crippen molar-refractivity contribution in [3.05, 3.63) is 81.0 Å². The fraction of sp³-hybridized carbons (Fsp3) is 0.250. The van der Waals surface area contributed by atoms with Crippen LogP contribution in [-0.4, -0.2) is 49.7 Å². The number of aliphatic hydroxyl groups is 1. The maximum Gasteiger partial charge on any atom is 0.329 e. The lowest BCUT2D eigenvalue weighted by Crippen LogP contribution is -2.30. The van der Waals surface area contributed by atoms with E-state index in [1.165, 1.54) is 16.2 Å². The highest BCUT2D eigenvalue weighted by Crippen LogP contribution is 2.19. The Bertz CT molecular complexity index is 1450. The number of hydrogen-bond acceptors (Lipinski definition) is 8. The molecule has 0 radical (unpaired) electrons. The number of anilines is 1. The zero-order valence-corrected chi connectivity index (χ0v) is 19.6. The molecule has 35 heavy (non-hydrogen) atoms. The van der Waals surface area contributed by atoms with Crippen LogP contribution in [-0.2, 0) is 13.6 Å². The van der Waals surface area contributed by atoms with E-state index in [0.29, 0.717) is 17.2 Å². The molecule has 2 heterocycles. The van der Waals surface area contributed by atoms with Crippen molar-refractivity contribution in [3.63, 3.8) is 0 Å². The molecule has 3 N–H and O–H groups in total. The molecule has 4 rings (SSSR count). The van der Waals surface area contributed by atoms with Crippen LogP contribution in [0.15, 0.2) is 69.3 Å². The van der Waals surface area contributed by atoms with Crippen molar-refractivity contribution < 1.29 is 14.6 Å². The van der Waals surface area contributed by atoms with Crippen LogP contribution in [0, 0.1) is 0 Å². The summed E-state index contributed by atoms with van der Waals surface area (Å²) in [6.07, 6.45) is -0.995. The first-order chi connectivity index (χ1) is 16.9. The number of nitrogens with zero attached hydrogens (tertiary/aromatic N) is 4. The lowest BCUT2D eigenvalue weighted by atomic mass is 10.1. The average Bonchev–Trinajstić information content (AvgIpc) is 3.24. The number of aromatic nitrogens is 4. The SMILES string of the molecule is COc1ccc(OC[C@H](O)Cn2c(N/N=C(/C)c3ccccc3)nc3c2c(=O)[nH]c(=O)n3C)cc1. The molecule has 11 heteroatoms. The van der Waals surface area contributed by atoms with E-state index in [0.717, 1.165) is 5.56 Å². The van der Waals surface area contributed by atoms with E-state index >= 15 is 0 Å². The van der Waals surface area contributed by atoms with Crippen LogP contribution >= 0.6 is 0 Å². The standard InChI is InChI=1S/C24H26N6O5/c1-15(16-7-5-4-6-8-16)27-28-23-25-21-20(22(32)26-24(33)29(21)2)30(23)13-17(31)14-35-19-11-9-18(34-3)10-12-19/h4-12,17,31H,13-14H2,1-3H3,(H,25,28)(H,26,32,33)/b27-15-/t17-/m1/s1. The molecule has 182 valence electrons. The molecule has 0 saturated carbocycles. The van der Waals surface area contributed by atoms with Gasteiger partial charge in [-0.25, -0.2) is 10.2 Å². The highest BCUT2D eigenvalue weighted by atomic mass is 16.5. The molecule has 0 bridgehead atoms. The van der Waals surface area contributed by atoms with Crippen LogP contribution in [0.25, 0.3) is 11.2 Å². The normalized spacial score (nSPS) is 12.5. The summed E-state index contributed by atoms with van der Waals surface area (Å²) >= 11 is 0. The topological polar surface area (TPSA) is 136 Å². The number of imidazole rings is 1. The van der Waals surface area contributed by atoms with Gasteiger partial charge < -0.3 is 19.1 Å². The number of aliphatic hydroxyl groups excluding tert-OH is 1. The number of aryl methyl sites for hydroxylation is 1. The molecule has 4 aromatic rings. The third-order valence-electron chi connectivity index (χ3n) is 5.42. The van der Waals surface area contributed by atoms with Crippen molar-refractivity contribution in [1.29, 1.82) is 0 Å². The predicted octanol–water partition coefficient (Wildman–Crippen LogP) is 1.71. The minimum Gasteiger partial charge on any atom is -0.497 e. The van der Waals surface area contributed by atoms with Crippen molar-refractivity contribution in [3.8, 4) is 11.5 Å². The van der Waals surface area contributed by atoms with Gasteiger partial charge in [-0.1, -0.05) is 30.3 Å². The van der Waals surface area contributed by atoms with Gasteiger partial charge in [0.25, 0.3) is 5.56 Å². The number of methoxy groups -OCH3 is 1. The molecule has 0 spiro atoms. The second kappa shape index (κ2) is 10.3. The summed E-state index contributed by atoms with van der Waals surface area (Å²) in [4.78, 5) is 31.4. The molecular weight excluding hydrogens is 452 g/mol. The van der Waals surface area contributed by atoms with Gasteiger partial charge in [-0.3, -0.25) is 14.3 Å². The maximum atomic E-state index is 12.6. The third kappa shape index (κ3) is 5.25. The summed E-state index contributed by atoms with van der Waals surface area (Å²) in [6.45, 7) is 1.76. The Hall–Kier alpha value is -4.38. The maximum absolute atomic E-state index is 12.6. The van der Waals surface area contributed by atoms with Gasteiger partial charge >= 0.3 is 5.69 Å². The molecule has 11 nitrogen and oxygen atoms in total. The van der Waals surface area contributed by atoms with Crippen molar-refractivity contribution in [1.82, 2.24) is 19.1 Å². The van der Waals surface area contributed by atoms with Gasteiger partial charge in [0.05, 0.1) is 19.4 Å². The van der Waals surface area contributed by atoms with E-state index < -0.39 is 17.4 Å². The third-order valence-corrected chi connectivity index (χ3v) is 5.42. The van der Waals surface area contributed by atoms with Crippen LogP contribution in [0.3, 0.4) is 0 Å². The zero-order chi connectivity index (χ0) is 24.9. The number of hydrogen-bond donors (Lipinski definition) is 3. The first-order valence-corrected chi connectivity index (χ1v) is 10.9. The van der Waals surface area contributed by atoms with Crippen molar-refractivity contribution in [2.75, 3.05) is 19.1 Å². The van der Waals surface area contributed by atoms with E-state index in [1.54, 1.807) is 31.4 Å². The molecule has 0 aliphatic heterocycles. The van der Waals surface area contributed by atoms with E-state index in [-0.39, 0.29) is 30.3 Å². The van der Waals surface area contributed by atoms with Crippen LogP contribution < -0.4 is 26.1 Å². The van der Waals surface area contributed by atoms with Crippen LogP contribution in [0.5, 0.6) is 11.5 Å². The molecule has 2 aromatic carbocycles. The Labute approximate surface area is 200 Å². The number of aromatic amines is 1. The van der Waals surface area contributed by atoms with Crippen LogP contribution in [0.2, 0.25) is 0 Å². The van der Waals surface area contributed by atoms with E-state index in [9.17, 15) is 14.7 Å². The van der Waals surface area contributed by atoms with Crippen molar-refractivity contribution >= 4 is 22.8 Å². The number of ether oxygens (including phenoxy) is 2. The highest BCUT2D eigenvalue weighted by Gasteiger charge is 2.20. The monoisotopic (exact) mass is 478 g/mol. The summed E-state index contributed by atoms with van der Waals surface area (Å²) < 4.78 is 13.5. The molecule has 0 unspecified atom stereocenters. The number of nitrogens with one attached hydrogen (secondary N) is 2. The molecule has 0 aliphatic rings. The molecule has 1 atom stereocenters. The van der Waals surface area contributed by atoms with Crippen molar-refractivity contribution in [2.24, 2.45) is 12.1 Å². The molecule has 2 aromatic heterocycles. The van der Waals surface area contributed by atoms with Gasteiger partial charge in [0.1, 0.15) is 24.2 Å². The number of H-pyrrole nitrogens is 1. The second-order valence-corrected chi connectivity index (χ2v) is 7.85. The van der Waals surface area contributed by atoms with Crippen LogP contribution in [0.4, 0.5) is 5.95 Å². The summed E-state index contributed by atoms with van der Waals surface area (Å²) in [6, 6.07) is 16.5. The Morgan fingerprint density at radius 2 is 1.83 bits per heavy atom. The molecular formula is C24H26N6O5. The van der Waals surface area contributed by atoms with E-state index in [1.807, 2.05) is 37.3 Å². The Morgan fingerprint density at radius 3 is 2.51 bits per heavy atom. The number of hydrazone groups is 1. The molecule has 0 aliphatic carbocycles. The average molecular weight is 479 g/mol. The Balaban J connectivity index is 1.62. The van der Waals surface area contributed by atoms with Gasteiger partial charge in [0.2, 0.25) is 5.95 Å². The fourth-order valence-corrected chi connectivity index (χ4v) is 3.50.